The molecule has 0 saturated heterocycles. The van der Waals surface area contributed by atoms with E-state index in [1.54, 1.807) is 19.5 Å². The Bertz CT molecular complexity index is 380. The zero-order valence-corrected chi connectivity index (χ0v) is 10.5. The van der Waals surface area contributed by atoms with Gasteiger partial charge in [0, 0.05) is 19.0 Å². The van der Waals surface area contributed by atoms with Gasteiger partial charge in [0.2, 0.25) is 0 Å². The van der Waals surface area contributed by atoms with Crippen LogP contribution < -0.4 is 5.32 Å². The lowest BCUT2D eigenvalue weighted by molar-refractivity contribution is -0.141. The molecule has 0 aliphatic heterocycles. The minimum Gasteiger partial charge on any atom is -0.481 e. The van der Waals surface area contributed by atoms with Crippen molar-refractivity contribution in [3.05, 3.63) is 16.6 Å². The quantitative estimate of drug-likeness (QED) is 0.824. The van der Waals surface area contributed by atoms with E-state index in [2.05, 4.69) is 10.3 Å². The largest absolute Gasteiger partial charge is 0.481 e. The van der Waals surface area contributed by atoms with E-state index in [1.165, 1.54) is 16.2 Å². The third-order valence-electron chi connectivity index (χ3n) is 2.22. The molecule has 0 aromatic carbocycles. The number of nitrogens with one attached hydrogen (secondary N) is 1. The maximum absolute atomic E-state index is 11.6. The van der Waals surface area contributed by atoms with Gasteiger partial charge in [-0.3, -0.25) is 4.79 Å². The van der Waals surface area contributed by atoms with Gasteiger partial charge >= 0.3 is 12.0 Å². The number of aromatic nitrogens is 1. The van der Waals surface area contributed by atoms with Crippen molar-refractivity contribution in [1.29, 1.82) is 0 Å². The number of aliphatic carboxylic acids is 1. The van der Waals surface area contributed by atoms with Gasteiger partial charge in [-0.15, -0.1) is 11.3 Å². The standard InChI is InChI=1S/C10H15N3O3S/c1-7(9(14)15)4-13(2)10(16)11-3-8-5-17-6-12-8/h5-7H,3-4H2,1-2H3,(H,11,16)(H,14,15). The topological polar surface area (TPSA) is 82.5 Å². The number of hydrogen-bond donors (Lipinski definition) is 2. The molecular formula is C10H15N3O3S. The molecule has 0 radical (unpaired) electrons. The SMILES string of the molecule is CC(CN(C)C(=O)NCc1cscn1)C(=O)O. The summed E-state index contributed by atoms with van der Waals surface area (Å²) >= 11 is 1.46. The van der Waals surface area contributed by atoms with Crippen LogP contribution in [0.15, 0.2) is 10.9 Å². The van der Waals surface area contributed by atoms with Crippen LogP contribution in [-0.2, 0) is 11.3 Å². The lowest BCUT2D eigenvalue weighted by Gasteiger charge is -2.19. The summed E-state index contributed by atoms with van der Waals surface area (Å²) in [5.41, 5.74) is 2.49. The molecule has 94 valence electrons. The summed E-state index contributed by atoms with van der Waals surface area (Å²) in [5, 5.41) is 13.2. The van der Waals surface area contributed by atoms with E-state index < -0.39 is 11.9 Å². The van der Waals surface area contributed by atoms with E-state index in [1.807, 2.05) is 5.38 Å². The summed E-state index contributed by atoms with van der Waals surface area (Å²) in [6.07, 6.45) is 0. The van der Waals surface area contributed by atoms with Gasteiger partial charge in [0.05, 0.1) is 23.7 Å². The summed E-state index contributed by atoms with van der Waals surface area (Å²) in [7, 11) is 1.57. The molecule has 0 bridgehead atoms. The molecule has 0 fully saturated rings. The molecule has 0 saturated carbocycles. The fourth-order valence-electron chi connectivity index (χ4n) is 1.20. The number of carbonyl (C=O) groups is 2. The summed E-state index contributed by atoms with van der Waals surface area (Å²) in [5.74, 6) is -1.49. The molecule has 0 spiro atoms. The minimum absolute atomic E-state index is 0.179. The number of carbonyl (C=O) groups excluding carboxylic acids is 1. The average molecular weight is 257 g/mol. The van der Waals surface area contributed by atoms with E-state index in [-0.39, 0.29) is 12.6 Å². The molecule has 2 amide bonds. The lowest BCUT2D eigenvalue weighted by atomic mass is 10.2. The number of rotatable bonds is 5. The van der Waals surface area contributed by atoms with Gasteiger partial charge in [0.15, 0.2) is 0 Å². The van der Waals surface area contributed by atoms with Crippen molar-refractivity contribution in [2.45, 2.75) is 13.5 Å². The first-order valence-corrected chi connectivity index (χ1v) is 6.03. The summed E-state index contributed by atoms with van der Waals surface area (Å²) in [6, 6.07) is -0.300. The van der Waals surface area contributed by atoms with Crippen molar-refractivity contribution >= 4 is 23.3 Å². The highest BCUT2D eigenvalue weighted by atomic mass is 32.1. The third kappa shape index (κ3) is 4.39. The molecule has 1 aromatic heterocycles. The van der Waals surface area contributed by atoms with E-state index in [0.717, 1.165) is 5.69 Å². The summed E-state index contributed by atoms with van der Waals surface area (Å²) < 4.78 is 0. The molecule has 6 nitrogen and oxygen atoms in total. The molecule has 1 atom stereocenters. The molecule has 1 rings (SSSR count). The molecule has 0 aliphatic rings. The summed E-state index contributed by atoms with van der Waals surface area (Å²) in [4.78, 5) is 27.6. The van der Waals surface area contributed by atoms with Crippen molar-refractivity contribution in [2.24, 2.45) is 5.92 Å². The molecule has 1 unspecified atom stereocenters. The van der Waals surface area contributed by atoms with Crippen LogP contribution in [0.25, 0.3) is 0 Å². The molecule has 1 heterocycles. The van der Waals surface area contributed by atoms with E-state index in [0.29, 0.717) is 6.54 Å². The Labute approximate surface area is 103 Å². The Morgan fingerprint density at radius 3 is 2.88 bits per heavy atom. The van der Waals surface area contributed by atoms with Gasteiger partial charge in [0.25, 0.3) is 0 Å². The number of hydrogen-bond acceptors (Lipinski definition) is 4. The molecule has 7 heteroatoms. The highest BCUT2D eigenvalue weighted by Gasteiger charge is 2.17. The van der Waals surface area contributed by atoms with E-state index in [9.17, 15) is 9.59 Å². The van der Waals surface area contributed by atoms with Crippen LogP contribution in [0.1, 0.15) is 12.6 Å². The highest BCUT2D eigenvalue weighted by molar-refractivity contribution is 7.07. The smallest absolute Gasteiger partial charge is 0.317 e. The van der Waals surface area contributed by atoms with Crippen molar-refractivity contribution in [2.75, 3.05) is 13.6 Å². The Morgan fingerprint density at radius 1 is 1.65 bits per heavy atom. The lowest BCUT2D eigenvalue weighted by Crippen LogP contribution is -2.40. The van der Waals surface area contributed by atoms with Gasteiger partial charge in [-0.1, -0.05) is 6.92 Å². The number of carboxylic acid groups (broad SMARTS) is 1. The number of urea groups is 1. The van der Waals surface area contributed by atoms with Gasteiger partial charge in [-0.05, 0) is 0 Å². The molecule has 2 N–H and O–H groups in total. The number of amides is 2. The highest BCUT2D eigenvalue weighted by Crippen LogP contribution is 2.01. The van der Waals surface area contributed by atoms with Crippen LogP contribution in [0, 0.1) is 5.92 Å². The zero-order chi connectivity index (χ0) is 12.8. The fraction of sp³-hybridized carbons (Fsp3) is 0.500. The van der Waals surface area contributed by atoms with Crippen LogP contribution >= 0.6 is 11.3 Å². The molecule has 1 aromatic rings. The van der Waals surface area contributed by atoms with E-state index >= 15 is 0 Å². The zero-order valence-electron chi connectivity index (χ0n) is 9.71. The van der Waals surface area contributed by atoms with Gasteiger partial charge in [0.1, 0.15) is 0 Å². The molecular weight excluding hydrogens is 242 g/mol. The minimum atomic E-state index is -0.913. The van der Waals surface area contributed by atoms with E-state index in [4.69, 9.17) is 5.11 Å². The molecule has 17 heavy (non-hydrogen) atoms. The second kappa shape index (κ2) is 6.19. The first kappa shape index (κ1) is 13.4. The maximum Gasteiger partial charge on any atom is 0.317 e. The first-order chi connectivity index (χ1) is 8.00. The van der Waals surface area contributed by atoms with Crippen LogP contribution in [0.5, 0.6) is 0 Å². The first-order valence-electron chi connectivity index (χ1n) is 5.09. The van der Waals surface area contributed by atoms with Crippen molar-refractivity contribution in [1.82, 2.24) is 15.2 Å². The van der Waals surface area contributed by atoms with Crippen molar-refractivity contribution in [3.63, 3.8) is 0 Å². The van der Waals surface area contributed by atoms with Crippen molar-refractivity contribution in [3.8, 4) is 0 Å². The van der Waals surface area contributed by atoms with Gasteiger partial charge in [-0.25, -0.2) is 9.78 Å². The van der Waals surface area contributed by atoms with Gasteiger partial charge in [-0.2, -0.15) is 0 Å². The Kier molecular flexibility index (Phi) is 4.89. The Hall–Kier alpha value is -1.63. The van der Waals surface area contributed by atoms with Crippen molar-refractivity contribution < 1.29 is 14.7 Å². The predicted octanol–water partition coefficient (Wildman–Crippen LogP) is 1.01. The van der Waals surface area contributed by atoms with Gasteiger partial charge < -0.3 is 15.3 Å². The Balaban J connectivity index is 2.34. The third-order valence-corrected chi connectivity index (χ3v) is 2.86. The maximum atomic E-state index is 11.6. The second-order valence-electron chi connectivity index (χ2n) is 3.76. The molecule has 0 aliphatic carbocycles. The van der Waals surface area contributed by atoms with Crippen LogP contribution in [0.2, 0.25) is 0 Å². The van der Waals surface area contributed by atoms with Crippen LogP contribution in [0.3, 0.4) is 0 Å². The normalized spacial score (nSPS) is 11.9. The predicted molar refractivity (Wildman–Crippen MR) is 63.8 cm³/mol. The number of nitrogens with zero attached hydrogens (tertiary/aromatic N) is 2. The number of thiazole rings is 1. The fourth-order valence-corrected chi connectivity index (χ4v) is 1.76. The number of carboxylic acids is 1. The van der Waals surface area contributed by atoms with Crippen LogP contribution in [-0.4, -0.2) is 40.6 Å². The average Bonchev–Trinajstić information content (AvgIpc) is 2.78. The Morgan fingerprint density at radius 2 is 2.35 bits per heavy atom. The second-order valence-corrected chi connectivity index (χ2v) is 4.48. The monoisotopic (exact) mass is 257 g/mol. The van der Waals surface area contributed by atoms with Crippen LogP contribution in [0.4, 0.5) is 4.79 Å². The summed E-state index contributed by atoms with van der Waals surface area (Å²) in [6.45, 7) is 2.10.